The van der Waals surface area contributed by atoms with Crippen LogP contribution in [0.4, 0.5) is 5.69 Å². The third-order valence-corrected chi connectivity index (χ3v) is 3.60. The van der Waals surface area contributed by atoms with Crippen molar-refractivity contribution in [2.24, 2.45) is 5.92 Å². The Morgan fingerprint density at radius 1 is 1.35 bits per heavy atom. The maximum atomic E-state index is 9.03. The molecular formula is C13H16ClN3. The molecule has 1 aromatic rings. The minimum Gasteiger partial charge on any atom is -0.382 e. The Morgan fingerprint density at radius 2 is 2.12 bits per heavy atom. The van der Waals surface area contributed by atoms with Crippen LogP contribution >= 0.6 is 11.6 Å². The number of rotatable bonds is 3. The fraction of sp³-hybridized carbons (Fsp3) is 0.538. The summed E-state index contributed by atoms with van der Waals surface area (Å²) in [7, 11) is 0. The summed E-state index contributed by atoms with van der Waals surface area (Å²) in [6.45, 7) is 0.913. The third-order valence-electron chi connectivity index (χ3n) is 3.32. The normalized spacial score (nSPS) is 16.5. The van der Waals surface area contributed by atoms with Crippen LogP contribution in [0.5, 0.6) is 0 Å². The van der Waals surface area contributed by atoms with E-state index in [1.807, 2.05) is 0 Å². The van der Waals surface area contributed by atoms with Crippen molar-refractivity contribution in [3.63, 3.8) is 0 Å². The maximum Gasteiger partial charge on any atom is 0.103 e. The van der Waals surface area contributed by atoms with E-state index in [0.29, 0.717) is 16.5 Å². The molecule has 1 saturated carbocycles. The molecule has 0 saturated heterocycles. The predicted octanol–water partition coefficient (Wildman–Crippen LogP) is 3.60. The molecule has 0 spiro atoms. The second-order valence-electron chi connectivity index (χ2n) is 4.54. The minimum absolute atomic E-state index is 0.418. The highest BCUT2D eigenvalue weighted by Crippen LogP contribution is 2.26. The van der Waals surface area contributed by atoms with E-state index in [4.69, 9.17) is 16.9 Å². The van der Waals surface area contributed by atoms with Gasteiger partial charge in [0.05, 0.1) is 22.5 Å². The van der Waals surface area contributed by atoms with Crippen LogP contribution in [0.1, 0.15) is 37.7 Å². The number of nitrogens with one attached hydrogen (secondary N) is 1. The van der Waals surface area contributed by atoms with Gasteiger partial charge in [0.25, 0.3) is 0 Å². The van der Waals surface area contributed by atoms with Crippen LogP contribution < -0.4 is 5.32 Å². The number of hydrogen-bond acceptors (Lipinski definition) is 3. The molecule has 1 aliphatic carbocycles. The zero-order valence-electron chi connectivity index (χ0n) is 9.75. The molecule has 4 heteroatoms. The molecule has 1 N–H and O–H groups in total. The van der Waals surface area contributed by atoms with Crippen molar-refractivity contribution in [1.82, 2.24) is 4.98 Å². The fourth-order valence-corrected chi connectivity index (χ4v) is 2.53. The lowest BCUT2D eigenvalue weighted by molar-refractivity contribution is 0.373. The molecule has 0 atom stereocenters. The Kier molecular flexibility index (Phi) is 4.22. The maximum absolute atomic E-state index is 9.03. The van der Waals surface area contributed by atoms with Gasteiger partial charge in [-0.15, -0.1) is 0 Å². The summed E-state index contributed by atoms with van der Waals surface area (Å²) in [4.78, 5) is 4.01. The Hall–Kier alpha value is -1.27. The number of nitriles is 1. The summed E-state index contributed by atoms with van der Waals surface area (Å²) in [6.07, 6.45) is 9.75. The molecule has 1 aliphatic rings. The number of halogens is 1. The number of anilines is 1. The molecule has 3 nitrogen and oxygen atoms in total. The van der Waals surface area contributed by atoms with Gasteiger partial charge in [-0.3, -0.25) is 4.98 Å². The van der Waals surface area contributed by atoms with Crippen molar-refractivity contribution in [3.8, 4) is 6.07 Å². The van der Waals surface area contributed by atoms with Gasteiger partial charge in [0.2, 0.25) is 0 Å². The second kappa shape index (κ2) is 5.88. The van der Waals surface area contributed by atoms with E-state index in [1.165, 1.54) is 38.3 Å². The molecule has 2 rings (SSSR count). The van der Waals surface area contributed by atoms with Crippen LogP contribution in [0.3, 0.4) is 0 Å². The summed E-state index contributed by atoms with van der Waals surface area (Å²) in [5.41, 5.74) is 1.25. The molecule has 0 aliphatic heterocycles. The van der Waals surface area contributed by atoms with Crippen LogP contribution in [-0.4, -0.2) is 11.5 Å². The monoisotopic (exact) mass is 249 g/mol. The Balaban J connectivity index is 1.99. The molecule has 1 heterocycles. The SMILES string of the molecule is N#Cc1c(Cl)cncc1NCC1CCCCC1. The van der Waals surface area contributed by atoms with Gasteiger partial charge < -0.3 is 5.32 Å². The first-order chi connectivity index (χ1) is 8.31. The van der Waals surface area contributed by atoms with Gasteiger partial charge in [-0.25, -0.2) is 0 Å². The van der Waals surface area contributed by atoms with Crippen molar-refractivity contribution >= 4 is 17.3 Å². The third kappa shape index (κ3) is 3.10. The molecule has 90 valence electrons. The highest BCUT2D eigenvalue weighted by atomic mass is 35.5. The quantitative estimate of drug-likeness (QED) is 0.891. The second-order valence-corrected chi connectivity index (χ2v) is 4.95. The number of pyridine rings is 1. The van der Waals surface area contributed by atoms with Crippen molar-refractivity contribution in [2.75, 3.05) is 11.9 Å². The zero-order valence-corrected chi connectivity index (χ0v) is 10.5. The first-order valence-electron chi connectivity index (χ1n) is 6.08. The summed E-state index contributed by atoms with van der Waals surface area (Å²) >= 11 is 5.93. The molecule has 0 bridgehead atoms. The minimum atomic E-state index is 0.418. The van der Waals surface area contributed by atoms with Crippen LogP contribution in [0, 0.1) is 17.2 Å². The summed E-state index contributed by atoms with van der Waals surface area (Å²) < 4.78 is 0. The van der Waals surface area contributed by atoms with E-state index < -0.39 is 0 Å². The van der Waals surface area contributed by atoms with E-state index in [-0.39, 0.29) is 0 Å². The Bertz CT molecular complexity index is 419. The van der Waals surface area contributed by atoms with Crippen LogP contribution in [0.25, 0.3) is 0 Å². The molecule has 0 radical (unpaired) electrons. The Morgan fingerprint density at radius 3 is 2.82 bits per heavy atom. The molecule has 0 unspecified atom stereocenters. The van der Waals surface area contributed by atoms with Crippen LogP contribution in [0.15, 0.2) is 12.4 Å². The molecule has 1 aromatic heterocycles. The van der Waals surface area contributed by atoms with E-state index in [1.54, 1.807) is 6.20 Å². The smallest absolute Gasteiger partial charge is 0.103 e. The highest BCUT2D eigenvalue weighted by molar-refractivity contribution is 6.32. The van der Waals surface area contributed by atoms with E-state index >= 15 is 0 Å². The molecule has 0 amide bonds. The van der Waals surface area contributed by atoms with Gasteiger partial charge in [-0.05, 0) is 18.8 Å². The average molecular weight is 250 g/mol. The van der Waals surface area contributed by atoms with Crippen molar-refractivity contribution in [2.45, 2.75) is 32.1 Å². The van der Waals surface area contributed by atoms with E-state index in [9.17, 15) is 0 Å². The van der Waals surface area contributed by atoms with Gasteiger partial charge in [0.15, 0.2) is 0 Å². The number of hydrogen-bond donors (Lipinski definition) is 1. The summed E-state index contributed by atoms with van der Waals surface area (Å²) in [6, 6.07) is 2.12. The first-order valence-corrected chi connectivity index (χ1v) is 6.46. The molecule has 0 aromatic carbocycles. The molecule has 1 fully saturated rings. The van der Waals surface area contributed by atoms with Gasteiger partial charge in [-0.2, -0.15) is 5.26 Å². The molecule has 17 heavy (non-hydrogen) atoms. The van der Waals surface area contributed by atoms with Gasteiger partial charge in [0.1, 0.15) is 6.07 Å². The standard InChI is InChI=1S/C13H16ClN3/c14-12-8-16-9-13(11(12)6-15)17-7-10-4-2-1-3-5-10/h8-10,17H,1-5,7H2. The number of aromatic nitrogens is 1. The van der Waals surface area contributed by atoms with Crippen LogP contribution in [-0.2, 0) is 0 Å². The lowest BCUT2D eigenvalue weighted by Crippen LogP contribution is -2.17. The van der Waals surface area contributed by atoms with E-state index in [0.717, 1.165) is 12.2 Å². The van der Waals surface area contributed by atoms with Gasteiger partial charge in [-0.1, -0.05) is 30.9 Å². The lowest BCUT2D eigenvalue weighted by Gasteiger charge is -2.22. The number of nitrogens with zero attached hydrogens (tertiary/aromatic N) is 2. The summed E-state index contributed by atoms with van der Waals surface area (Å²) in [5, 5.41) is 12.8. The van der Waals surface area contributed by atoms with Gasteiger partial charge >= 0.3 is 0 Å². The van der Waals surface area contributed by atoms with E-state index in [2.05, 4.69) is 16.4 Å². The zero-order chi connectivity index (χ0) is 12.1. The largest absolute Gasteiger partial charge is 0.382 e. The predicted molar refractivity (Wildman–Crippen MR) is 69.0 cm³/mol. The average Bonchev–Trinajstić information content (AvgIpc) is 2.37. The lowest BCUT2D eigenvalue weighted by atomic mass is 9.89. The molecular weight excluding hydrogens is 234 g/mol. The van der Waals surface area contributed by atoms with Gasteiger partial charge in [0, 0.05) is 12.7 Å². The van der Waals surface area contributed by atoms with Crippen LogP contribution in [0.2, 0.25) is 5.02 Å². The summed E-state index contributed by atoms with van der Waals surface area (Å²) in [5.74, 6) is 0.717. The topological polar surface area (TPSA) is 48.7 Å². The van der Waals surface area contributed by atoms with Crippen molar-refractivity contribution in [1.29, 1.82) is 5.26 Å². The Labute approximate surface area is 107 Å². The van der Waals surface area contributed by atoms with Crippen molar-refractivity contribution < 1.29 is 0 Å². The van der Waals surface area contributed by atoms with Crippen molar-refractivity contribution in [3.05, 3.63) is 23.0 Å². The fourth-order valence-electron chi connectivity index (χ4n) is 2.33. The highest BCUT2D eigenvalue weighted by Gasteiger charge is 2.14. The first kappa shape index (κ1) is 12.2.